The minimum absolute atomic E-state index is 0.0656. The first-order valence-corrected chi connectivity index (χ1v) is 20.9. The zero-order chi connectivity index (χ0) is 40.6. The molecular weight excluding hydrogens is 799 g/mol. The number of H-pyrrole nitrogens is 1. The van der Waals surface area contributed by atoms with E-state index in [1.165, 1.54) is 6.07 Å². The van der Waals surface area contributed by atoms with Crippen molar-refractivity contribution in [1.29, 1.82) is 0 Å². The normalized spacial score (nSPS) is 19.2. The van der Waals surface area contributed by atoms with E-state index in [4.69, 9.17) is 24.5 Å². The highest BCUT2D eigenvalue weighted by molar-refractivity contribution is 7.67. The third-order valence-corrected chi connectivity index (χ3v) is 10.9. The largest absolute Gasteiger partial charge is 0.802 e. The first-order valence-electron chi connectivity index (χ1n) is 16.3. The molecule has 306 valence electrons. The molecule has 24 nitrogen and oxygen atoms in total. The number of benzene rings is 1. The number of azide groups is 1. The standard InChI is InChI=1S/C28H41N7O17P3/c1-3-4-10-30-26(37)19-6-5-7-21(13-19)48-18-24(33-34-29)47-12-11-46-17-23(36)31-14-20-15-35(28(39)32-27(20)38)25-9-8-22(50-25)16-49-54(42,43)52-55(44,45)51-53(2,40)41/h5-7,13,15,22,24-25H,2-4,8-12,14,16-18H2,1H3,(H,30,37)(H,31,36)(H,40,41)(H,42,43)(H,44,45)(H,32,38,39)/q-1/p-3/t22-,24?,25+/m0/s1. The van der Waals surface area contributed by atoms with Gasteiger partial charge in [0.2, 0.25) is 5.91 Å². The van der Waals surface area contributed by atoms with Gasteiger partial charge in [-0.25, -0.2) is 9.11 Å². The molecule has 2 amide bonds. The highest BCUT2D eigenvalue weighted by Gasteiger charge is 2.30. The van der Waals surface area contributed by atoms with Crippen LogP contribution in [0.15, 0.2) is 45.2 Å². The van der Waals surface area contributed by atoms with Crippen LogP contribution in [0.3, 0.4) is 0 Å². The Morgan fingerprint density at radius 1 is 1.15 bits per heavy atom. The average Bonchev–Trinajstić information content (AvgIpc) is 3.56. The smallest absolute Gasteiger partial charge is 0.330 e. The number of amides is 2. The van der Waals surface area contributed by atoms with E-state index in [0.29, 0.717) is 17.9 Å². The molecule has 2 heterocycles. The van der Waals surface area contributed by atoms with Crippen molar-refractivity contribution in [3.63, 3.8) is 0 Å². The number of unbranched alkanes of at least 4 members (excludes halogenated alkanes) is 1. The predicted octanol–water partition coefficient (Wildman–Crippen LogP) is 0.440. The molecule has 3 rings (SSSR count). The summed E-state index contributed by atoms with van der Waals surface area (Å²) < 4.78 is 68.8. The zero-order valence-electron chi connectivity index (χ0n) is 29.2. The van der Waals surface area contributed by atoms with E-state index in [0.717, 1.165) is 23.6 Å². The molecule has 0 radical (unpaired) electrons. The van der Waals surface area contributed by atoms with Gasteiger partial charge in [-0.2, -0.15) is 0 Å². The lowest BCUT2D eigenvalue weighted by Gasteiger charge is -2.36. The van der Waals surface area contributed by atoms with Crippen molar-refractivity contribution in [2.24, 2.45) is 5.11 Å². The number of carbonyl (C=O) groups is 2. The fraction of sp³-hybridized carbons (Fsp3) is 0.536. The van der Waals surface area contributed by atoms with Crippen LogP contribution in [0.25, 0.3) is 10.4 Å². The summed E-state index contributed by atoms with van der Waals surface area (Å²) in [5, 5.41) is 8.76. The summed E-state index contributed by atoms with van der Waals surface area (Å²) in [4.78, 5) is 88.5. The minimum Gasteiger partial charge on any atom is -0.802 e. The average molecular weight is 838 g/mol. The van der Waals surface area contributed by atoms with Gasteiger partial charge in [-0.1, -0.05) is 24.5 Å². The summed E-state index contributed by atoms with van der Waals surface area (Å²) in [7, 11) is -16.7. The second-order valence-electron chi connectivity index (χ2n) is 11.4. The van der Waals surface area contributed by atoms with Gasteiger partial charge >= 0.3 is 5.69 Å². The number of rotatable bonds is 24. The van der Waals surface area contributed by atoms with Crippen LogP contribution < -0.4 is 41.3 Å². The molecule has 1 aliphatic heterocycles. The number of aromatic amines is 1. The third kappa shape index (κ3) is 16.9. The molecule has 4 unspecified atom stereocenters. The molecule has 0 spiro atoms. The maximum absolute atomic E-state index is 12.5. The first kappa shape index (κ1) is 45.7. The van der Waals surface area contributed by atoms with E-state index in [-0.39, 0.29) is 50.7 Å². The molecule has 1 saturated heterocycles. The lowest BCUT2D eigenvalue weighted by Crippen LogP contribution is -2.37. The number of phosphoric acid groups is 2. The highest BCUT2D eigenvalue weighted by Crippen LogP contribution is 2.62. The molecule has 6 atom stereocenters. The van der Waals surface area contributed by atoms with E-state index in [1.54, 1.807) is 18.2 Å². The SMILES string of the molecule is [CH2-]P(=O)([O-])OP(=O)([O-])OP(=O)([O-])OC[C@@H]1CC[C@H](n2cc(CNC(=O)COCCOC(COc3cccc(C(=O)NCCCC)c3)N=[N+]=[N-])c(=O)[nH]c2=O)O1. The van der Waals surface area contributed by atoms with Crippen LogP contribution in [0, 0.1) is 6.66 Å². The van der Waals surface area contributed by atoms with E-state index < -0.39 is 72.2 Å². The van der Waals surface area contributed by atoms with Gasteiger partial charge in [0.15, 0.2) is 6.23 Å². The summed E-state index contributed by atoms with van der Waals surface area (Å²) in [6.45, 7) is 2.94. The van der Waals surface area contributed by atoms with Crippen molar-refractivity contribution in [3.05, 3.63) is 79.5 Å². The van der Waals surface area contributed by atoms with Crippen molar-refractivity contribution in [2.75, 3.05) is 39.6 Å². The van der Waals surface area contributed by atoms with Crippen molar-refractivity contribution in [1.82, 2.24) is 20.2 Å². The Morgan fingerprint density at radius 3 is 2.62 bits per heavy atom. The number of phosphoric ester groups is 1. The molecule has 0 saturated carbocycles. The molecule has 55 heavy (non-hydrogen) atoms. The van der Waals surface area contributed by atoms with Gasteiger partial charge in [0.05, 0.1) is 31.5 Å². The summed E-state index contributed by atoms with van der Waals surface area (Å²) in [5.41, 5.74) is 7.50. The summed E-state index contributed by atoms with van der Waals surface area (Å²) in [5.74, 6) is -0.558. The molecule has 0 aliphatic carbocycles. The van der Waals surface area contributed by atoms with Gasteiger partial charge in [-0.3, -0.25) is 39.7 Å². The van der Waals surface area contributed by atoms with Crippen LogP contribution in [0.2, 0.25) is 0 Å². The van der Waals surface area contributed by atoms with Gasteiger partial charge in [-0.05, 0) is 43.0 Å². The van der Waals surface area contributed by atoms with E-state index >= 15 is 0 Å². The van der Waals surface area contributed by atoms with Gasteiger partial charge < -0.3 is 57.7 Å². The Bertz CT molecular complexity index is 1930. The van der Waals surface area contributed by atoms with Crippen LogP contribution in [0.4, 0.5) is 0 Å². The molecule has 1 aromatic heterocycles. The second-order valence-corrected chi connectivity index (χ2v) is 16.0. The molecule has 0 bridgehead atoms. The number of aromatic nitrogens is 2. The molecule has 27 heteroatoms. The summed E-state index contributed by atoms with van der Waals surface area (Å²) in [6, 6.07) is 6.42. The zero-order valence-corrected chi connectivity index (χ0v) is 31.9. The monoisotopic (exact) mass is 837 g/mol. The maximum atomic E-state index is 12.5. The van der Waals surface area contributed by atoms with Crippen molar-refractivity contribution in [3.8, 4) is 5.75 Å². The topological polar surface area (TPSA) is 347 Å². The van der Waals surface area contributed by atoms with Gasteiger partial charge in [0, 0.05) is 37.4 Å². The quantitative estimate of drug-likeness (QED) is 0.0322. The maximum Gasteiger partial charge on any atom is 0.330 e. The third-order valence-electron chi connectivity index (χ3n) is 7.01. The molecule has 1 aromatic carbocycles. The fourth-order valence-electron chi connectivity index (χ4n) is 4.57. The van der Waals surface area contributed by atoms with Gasteiger partial charge in [-0.15, -0.1) is 0 Å². The number of ether oxygens (including phenoxy) is 4. The number of hydrogen-bond donors (Lipinski definition) is 3. The van der Waals surface area contributed by atoms with E-state index in [2.05, 4.69) is 45.5 Å². The van der Waals surface area contributed by atoms with Crippen LogP contribution >= 0.6 is 23.2 Å². The van der Waals surface area contributed by atoms with Crippen LogP contribution in [0.5, 0.6) is 5.75 Å². The second kappa shape index (κ2) is 21.5. The Kier molecular flexibility index (Phi) is 17.9. The Hall–Kier alpha value is -3.72. The van der Waals surface area contributed by atoms with Crippen LogP contribution in [0.1, 0.15) is 54.8 Å². The Balaban J connectivity index is 1.41. The van der Waals surface area contributed by atoms with E-state index in [9.17, 15) is 47.6 Å². The first-order chi connectivity index (χ1) is 25.9. The van der Waals surface area contributed by atoms with Crippen LogP contribution in [-0.4, -0.2) is 73.3 Å². The van der Waals surface area contributed by atoms with Crippen molar-refractivity contribution < 1.29 is 70.1 Å². The number of nitrogens with zero attached hydrogens (tertiary/aromatic N) is 4. The highest BCUT2D eigenvalue weighted by atomic mass is 31.3. The lowest BCUT2D eigenvalue weighted by molar-refractivity contribution is -0.245. The molecule has 3 N–H and O–H groups in total. The summed E-state index contributed by atoms with van der Waals surface area (Å²) in [6.07, 6.45) is -0.0379. The Labute approximate surface area is 312 Å². The minimum atomic E-state index is -5.90. The van der Waals surface area contributed by atoms with Crippen molar-refractivity contribution in [2.45, 2.75) is 57.7 Å². The Morgan fingerprint density at radius 2 is 1.91 bits per heavy atom. The summed E-state index contributed by atoms with van der Waals surface area (Å²) >= 11 is 0. The number of nitrogens with one attached hydrogen (secondary N) is 3. The van der Waals surface area contributed by atoms with Crippen LogP contribution in [-0.2, 0) is 52.4 Å². The predicted molar refractivity (Wildman–Crippen MR) is 181 cm³/mol. The number of hydrogen-bond acceptors (Lipinski definition) is 18. The molecule has 1 aliphatic rings. The van der Waals surface area contributed by atoms with Gasteiger partial charge in [0.1, 0.15) is 25.2 Å². The number of carbonyl (C=O) groups excluding carboxylic acids is 2. The molecule has 2 aromatic rings. The molecule has 1 fully saturated rings. The molecular formula is C28H38N7O17P3-4. The van der Waals surface area contributed by atoms with E-state index in [1.807, 2.05) is 6.92 Å². The lowest BCUT2D eigenvalue weighted by atomic mass is 10.2. The van der Waals surface area contributed by atoms with Gasteiger partial charge in [0.25, 0.3) is 27.1 Å². The van der Waals surface area contributed by atoms with Crippen molar-refractivity contribution >= 4 is 35.1 Å². The fourth-order valence-corrected chi connectivity index (χ4v) is 7.69.